The van der Waals surface area contributed by atoms with Gasteiger partial charge in [-0.05, 0) is 19.3 Å². The molecule has 0 radical (unpaired) electrons. The molecule has 24 heavy (non-hydrogen) atoms. The summed E-state index contributed by atoms with van der Waals surface area (Å²) in [4.78, 5) is 31.3. The lowest BCUT2D eigenvalue weighted by Gasteiger charge is -2.02. The number of rotatable bonds is 3. The van der Waals surface area contributed by atoms with Crippen LogP contribution in [0.25, 0.3) is 4.96 Å². The maximum absolute atomic E-state index is 12.7. The van der Waals surface area contributed by atoms with E-state index < -0.39 is 5.91 Å². The Morgan fingerprint density at radius 1 is 1.29 bits per heavy atom. The molecule has 0 aromatic carbocycles. The molecule has 1 aliphatic rings. The summed E-state index contributed by atoms with van der Waals surface area (Å²) in [7, 11) is 0. The van der Waals surface area contributed by atoms with Gasteiger partial charge in [0.25, 0.3) is 11.5 Å². The second-order valence-electron chi connectivity index (χ2n) is 5.97. The average molecular weight is 361 g/mol. The Balaban J connectivity index is 1.69. The van der Waals surface area contributed by atoms with Gasteiger partial charge in [0.1, 0.15) is 10.6 Å². The minimum absolute atomic E-state index is 0.0290. The first-order chi connectivity index (χ1) is 11.5. The molecule has 1 N–H and O–H groups in total. The van der Waals surface area contributed by atoms with Gasteiger partial charge in [-0.15, -0.1) is 21.5 Å². The van der Waals surface area contributed by atoms with Crippen LogP contribution in [0.15, 0.2) is 11.0 Å². The minimum atomic E-state index is -0.494. The molecule has 0 atom stereocenters. The predicted octanol–water partition coefficient (Wildman–Crippen LogP) is 2.47. The van der Waals surface area contributed by atoms with Crippen molar-refractivity contribution in [2.24, 2.45) is 0 Å². The molecule has 3 heterocycles. The average Bonchev–Trinajstić information content (AvgIpc) is 3.21. The summed E-state index contributed by atoms with van der Waals surface area (Å²) in [5, 5.41) is 11.9. The van der Waals surface area contributed by atoms with E-state index in [4.69, 9.17) is 0 Å². The molecule has 3 aromatic rings. The lowest BCUT2D eigenvalue weighted by molar-refractivity contribution is 0.102. The second kappa shape index (κ2) is 5.75. The van der Waals surface area contributed by atoms with Crippen molar-refractivity contribution >= 4 is 38.7 Å². The Hall–Kier alpha value is -2.13. The minimum Gasteiger partial charge on any atom is -0.296 e. The Morgan fingerprint density at radius 2 is 2.12 bits per heavy atom. The van der Waals surface area contributed by atoms with E-state index in [9.17, 15) is 9.59 Å². The lowest BCUT2D eigenvalue weighted by Crippen LogP contribution is -2.27. The number of hydrogen-bond acceptors (Lipinski definition) is 7. The summed E-state index contributed by atoms with van der Waals surface area (Å²) in [6.45, 7) is 4.01. The van der Waals surface area contributed by atoms with Crippen LogP contribution in [0.4, 0.5) is 5.13 Å². The van der Waals surface area contributed by atoms with Crippen LogP contribution in [-0.4, -0.2) is 25.5 Å². The standard InChI is InChI=1S/C15H15N5O2S2/c1-7(2)12-18-19-14(24-12)17-11(21)8-6-16-15-20(13(8)22)9-4-3-5-10(9)23-15/h6-7H,3-5H2,1-2H3,(H,17,19,21). The Labute approximate surface area is 145 Å². The second-order valence-corrected chi connectivity index (χ2v) is 8.05. The highest BCUT2D eigenvalue weighted by molar-refractivity contribution is 7.17. The smallest absolute Gasteiger partial charge is 0.271 e. The van der Waals surface area contributed by atoms with Gasteiger partial charge in [0.15, 0.2) is 4.96 Å². The molecule has 0 fully saturated rings. The molecule has 0 unspecified atom stereocenters. The fourth-order valence-electron chi connectivity index (χ4n) is 2.75. The summed E-state index contributed by atoms with van der Waals surface area (Å²) >= 11 is 2.85. The zero-order valence-electron chi connectivity index (χ0n) is 13.2. The molecular weight excluding hydrogens is 346 g/mol. The van der Waals surface area contributed by atoms with Crippen molar-refractivity contribution in [1.82, 2.24) is 19.6 Å². The SMILES string of the molecule is CC(C)c1nnc(NC(=O)c2cnc3sc4c(n3c2=O)CCC4)s1. The number of aryl methyl sites for hydroxylation is 2. The third kappa shape index (κ3) is 2.44. The Bertz CT molecular complexity index is 1000. The molecule has 3 aromatic heterocycles. The third-order valence-corrected chi connectivity index (χ3v) is 6.25. The summed E-state index contributed by atoms with van der Waals surface area (Å²) in [5.41, 5.74) is 0.715. The molecule has 4 rings (SSSR count). The van der Waals surface area contributed by atoms with E-state index in [0.717, 1.165) is 30.0 Å². The number of fused-ring (bicyclic) bond motifs is 3. The molecule has 9 heteroatoms. The van der Waals surface area contributed by atoms with Gasteiger partial charge >= 0.3 is 0 Å². The molecular formula is C15H15N5O2S2. The number of aromatic nitrogens is 4. The summed E-state index contributed by atoms with van der Waals surface area (Å²) < 4.78 is 1.58. The number of nitrogens with zero attached hydrogens (tertiary/aromatic N) is 4. The zero-order valence-corrected chi connectivity index (χ0v) is 14.8. The number of hydrogen-bond donors (Lipinski definition) is 1. The number of carbonyl (C=O) groups excluding carboxylic acids is 1. The van der Waals surface area contributed by atoms with Gasteiger partial charge in [0.2, 0.25) is 5.13 Å². The van der Waals surface area contributed by atoms with Crippen molar-refractivity contribution in [2.45, 2.75) is 39.0 Å². The maximum atomic E-state index is 12.7. The first-order valence-electron chi connectivity index (χ1n) is 7.71. The summed E-state index contributed by atoms with van der Waals surface area (Å²) in [5.74, 6) is -0.253. The molecule has 0 saturated heterocycles. The first-order valence-corrected chi connectivity index (χ1v) is 9.35. The topological polar surface area (TPSA) is 89.2 Å². The quantitative estimate of drug-likeness (QED) is 0.774. The summed E-state index contributed by atoms with van der Waals surface area (Å²) in [6.07, 6.45) is 4.23. The van der Waals surface area contributed by atoms with Crippen molar-refractivity contribution in [1.29, 1.82) is 0 Å². The fourth-order valence-corrected chi connectivity index (χ4v) is 4.65. The van der Waals surface area contributed by atoms with E-state index in [-0.39, 0.29) is 17.0 Å². The number of amides is 1. The van der Waals surface area contributed by atoms with Crippen LogP contribution >= 0.6 is 22.7 Å². The predicted molar refractivity (Wildman–Crippen MR) is 93.3 cm³/mol. The number of nitrogens with one attached hydrogen (secondary N) is 1. The molecule has 0 bridgehead atoms. The fraction of sp³-hybridized carbons (Fsp3) is 0.400. The van der Waals surface area contributed by atoms with Gasteiger partial charge in [-0.2, -0.15) is 0 Å². The number of anilines is 1. The van der Waals surface area contributed by atoms with Crippen molar-refractivity contribution in [2.75, 3.05) is 5.32 Å². The normalized spacial score (nSPS) is 13.6. The van der Waals surface area contributed by atoms with Crippen LogP contribution in [0, 0.1) is 0 Å². The third-order valence-electron chi connectivity index (χ3n) is 3.95. The molecule has 1 amide bonds. The molecule has 0 aliphatic heterocycles. The van der Waals surface area contributed by atoms with Crippen LogP contribution < -0.4 is 10.9 Å². The van der Waals surface area contributed by atoms with E-state index in [1.807, 2.05) is 13.8 Å². The molecule has 1 aliphatic carbocycles. The largest absolute Gasteiger partial charge is 0.296 e. The van der Waals surface area contributed by atoms with Crippen LogP contribution in [0.1, 0.15) is 52.1 Å². The van der Waals surface area contributed by atoms with Crippen LogP contribution in [-0.2, 0) is 12.8 Å². The van der Waals surface area contributed by atoms with Crippen LogP contribution in [0.2, 0.25) is 0 Å². The van der Waals surface area contributed by atoms with E-state index >= 15 is 0 Å². The number of thiazole rings is 1. The monoisotopic (exact) mass is 361 g/mol. The van der Waals surface area contributed by atoms with E-state index in [1.54, 1.807) is 4.40 Å². The molecule has 0 saturated carbocycles. The highest BCUT2D eigenvalue weighted by Crippen LogP contribution is 2.29. The van der Waals surface area contributed by atoms with Crippen molar-refractivity contribution in [3.8, 4) is 0 Å². The van der Waals surface area contributed by atoms with Gasteiger partial charge in [-0.25, -0.2) is 4.98 Å². The molecule has 0 spiro atoms. The van der Waals surface area contributed by atoms with Crippen LogP contribution in [0.5, 0.6) is 0 Å². The van der Waals surface area contributed by atoms with Gasteiger partial charge in [-0.3, -0.25) is 19.3 Å². The molecule has 124 valence electrons. The highest BCUT2D eigenvalue weighted by atomic mass is 32.1. The van der Waals surface area contributed by atoms with E-state index in [0.29, 0.717) is 10.1 Å². The van der Waals surface area contributed by atoms with Gasteiger partial charge in [0.05, 0.1) is 0 Å². The van der Waals surface area contributed by atoms with Crippen molar-refractivity contribution in [3.63, 3.8) is 0 Å². The van der Waals surface area contributed by atoms with Crippen LogP contribution in [0.3, 0.4) is 0 Å². The maximum Gasteiger partial charge on any atom is 0.271 e. The van der Waals surface area contributed by atoms with Gasteiger partial charge in [0, 0.05) is 22.7 Å². The van der Waals surface area contributed by atoms with Gasteiger partial charge < -0.3 is 0 Å². The van der Waals surface area contributed by atoms with Gasteiger partial charge in [-0.1, -0.05) is 25.2 Å². The lowest BCUT2D eigenvalue weighted by atomic mass is 10.2. The number of carbonyl (C=O) groups is 1. The van der Waals surface area contributed by atoms with Crippen molar-refractivity contribution in [3.05, 3.63) is 37.7 Å². The highest BCUT2D eigenvalue weighted by Gasteiger charge is 2.23. The first kappa shape index (κ1) is 15.4. The Kier molecular flexibility index (Phi) is 3.69. The van der Waals surface area contributed by atoms with E-state index in [1.165, 1.54) is 33.7 Å². The van der Waals surface area contributed by atoms with E-state index in [2.05, 4.69) is 20.5 Å². The van der Waals surface area contributed by atoms with Crippen molar-refractivity contribution < 1.29 is 4.79 Å². The summed E-state index contributed by atoms with van der Waals surface area (Å²) in [6, 6.07) is 0. The zero-order chi connectivity index (χ0) is 16.8. The Morgan fingerprint density at radius 3 is 2.88 bits per heavy atom. The molecule has 7 nitrogen and oxygen atoms in total.